The minimum absolute atomic E-state index is 0.0101. The highest BCUT2D eigenvalue weighted by atomic mass is 35.5. The van der Waals surface area contributed by atoms with E-state index in [4.69, 9.17) is 16.1 Å². The van der Waals surface area contributed by atoms with Crippen LogP contribution in [-0.2, 0) is 16.6 Å². The summed E-state index contributed by atoms with van der Waals surface area (Å²) in [6, 6.07) is 5.89. The van der Waals surface area contributed by atoms with Crippen molar-refractivity contribution in [2.75, 3.05) is 0 Å². The molecule has 2 aromatic rings. The fraction of sp³-hybridized carbons (Fsp3) is 0.444. The number of aromatic nitrogens is 1. The van der Waals surface area contributed by atoms with Crippen LogP contribution in [0.5, 0.6) is 0 Å². The van der Waals surface area contributed by atoms with Gasteiger partial charge in [0.15, 0.2) is 0 Å². The van der Waals surface area contributed by atoms with Crippen molar-refractivity contribution in [3.8, 4) is 0 Å². The maximum atomic E-state index is 12.9. The first-order valence-corrected chi connectivity index (χ1v) is 8.21. The molecule has 0 radical (unpaired) electrons. The molecule has 1 aromatic carbocycles. The van der Waals surface area contributed by atoms with Crippen LogP contribution in [0.25, 0.3) is 0 Å². The van der Waals surface area contributed by atoms with Crippen LogP contribution < -0.4 is 5.32 Å². The lowest BCUT2D eigenvalue weighted by Crippen LogP contribution is -2.42. The Kier molecular flexibility index (Phi) is 3.96. The first-order chi connectivity index (χ1) is 10.8. The number of carbonyl (C=O) groups is 1. The molecule has 1 amide bonds. The zero-order valence-electron chi connectivity index (χ0n) is 13.9. The first-order valence-electron chi connectivity index (χ1n) is 7.84. The number of rotatable bonds is 3. The summed E-state index contributed by atoms with van der Waals surface area (Å²) in [6.07, 6.45) is 1.77. The van der Waals surface area contributed by atoms with Crippen molar-refractivity contribution in [3.63, 3.8) is 0 Å². The Bertz CT molecular complexity index is 745. The lowest BCUT2D eigenvalue weighted by molar-refractivity contribution is -0.126. The standard InChI is InChI=1S/C18H21ClN2O2/c1-10-16(11(2)23-21-10)18(3,4)17(22)20-15-9-8-12-13(15)6-5-7-14(12)19/h5-7,15H,8-9H2,1-4H3,(H,20,22)/t15-/m1/s1. The molecule has 5 heteroatoms. The van der Waals surface area contributed by atoms with E-state index in [9.17, 15) is 4.79 Å². The third-order valence-corrected chi connectivity index (χ3v) is 5.10. The van der Waals surface area contributed by atoms with E-state index < -0.39 is 5.41 Å². The monoisotopic (exact) mass is 332 g/mol. The van der Waals surface area contributed by atoms with Gasteiger partial charge in [-0.3, -0.25) is 4.79 Å². The number of carbonyl (C=O) groups excluding carboxylic acids is 1. The Morgan fingerprint density at radius 3 is 2.78 bits per heavy atom. The topological polar surface area (TPSA) is 55.1 Å². The van der Waals surface area contributed by atoms with Gasteiger partial charge in [-0.1, -0.05) is 28.9 Å². The Balaban J connectivity index is 1.85. The highest BCUT2D eigenvalue weighted by Crippen LogP contribution is 2.37. The summed E-state index contributed by atoms with van der Waals surface area (Å²) in [5.74, 6) is 0.669. The second-order valence-corrected chi connectivity index (χ2v) is 7.10. The van der Waals surface area contributed by atoms with Gasteiger partial charge in [0, 0.05) is 10.6 Å². The van der Waals surface area contributed by atoms with Gasteiger partial charge in [-0.05, 0) is 57.7 Å². The van der Waals surface area contributed by atoms with Gasteiger partial charge < -0.3 is 9.84 Å². The summed E-state index contributed by atoms with van der Waals surface area (Å²) >= 11 is 6.25. The van der Waals surface area contributed by atoms with Gasteiger partial charge in [0.2, 0.25) is 5.91 Å². The van der Waals surface area contributed by atoms with E-state index in [-0.39, 0.29) is 11.9 Å². The number of aryl methyl sites for hydroxylation is 2. The number of halogens is 1. The molecule has 1 aromatic heterocycles. The van der Waals surface area contributed by atoms with Crippen molar-refractivity contribution >= 4 is 17.5 Å². The first kappa shape index (κ1) is 16.1. The molecule has 0 unspecified atom stereocenters. The highest BCUT2D eigenvalue weighted by Gasteiger charge is 2.37. The molecule has 122 valence electrons. The molecule has 1 N–H and O–H groups in total. The molecule has 0 aliphatic heterocycles. The van der Waals surface area contributed by atoms with E-state index >= 15 is 0 Å². The molecular weight excluding hydrogens is 312 g/mol. The van der Waals surface area contributed by atoms with Gasteiger partial charge in [-0.25, -0.2) is 0 Å². The maximum absolute atomic E-state index is 12.9. The zero-order valence-corrected chi connectivity index (χ0v) is 14.6. The minimum Gasteiger partial charge on any atom is -0.361 e. The average Bonchev–Trinajstić information content (AvgIpc) is 3.04. The number of nitrogens with zero attached hydrogens (tertiary/aromatic N) is 1. The van der Waals surface area contributed by atoms with E-state index in [1.165, 1.54) is 0 Å². The van der Waals surface area contributed by atoms with E-state index in [0.29, 0.717) is 5.76 Å². The van der Waals surface area contributed by atoms with Crippen LogP contribution in [0.4, 0.5) is 0 Å². The van der Waals surface area contributed by atoms with E-state index in [1.807, 2.05) is 45.9 Å². The van der Waals surface area contributed by atoms with Gasteiger partial charge in [-0.15, -0.1) is 0 Å². The number of nitrogens with one attached hydrogen (secondary N) is 1. The molecule has 4 nitrogen and oxygen atoms in total. The fourth-order valence-corrected chi connectivity index (χ4v) is 3.86. The molecule has 0 bridgehead atoms. The normalized spacial score (nSPS) is 17.2. The fourth-order valence-electron chi connectivity index (χ4n) is 3.59. The van der Waals surface area contributed by atoms with Gasteiger partial charge in [0.25, 0.3) is 0 Å². The smallest absolute Gasteiger partial charge is 0.230 e. The van der Waals surface area contributed by atoms with Crippen molar-refractivity contribution in [2.45, 2.75) is 52.0 Å². The van der Waals surface area contributed by atoms with Crippen LogP contribution in [0.3, 0.4) is 0 Å². The largest absolute Gasteiger partial charge is 0.361 e. The summed E-state index contributed by atoms with van der Waals surface area (Å²) in [5.41, 5.74) is 3.20. The molecule has 0 fully saturated rings. The molecule has 0 spiro atoms. The third kappa shape index (κ3) is 2.65. The summed E-state index contributed by atoms with van der Waals surface area (Å²) < 4.78 is 5.23. The van der Waals surface area contributed by atoms with E-state index in [2.05, 4.69) is 10.5 Å². The van der Waals surface area contributed by atoms with Crippen LogP contribution in [-0.4, -0.2) is 11.1 Å². The highest BCUT2D eigenvalue weighted by molar-refractivity contribution is 6.31. The molecule has 1 atom stereocenters. The SMILES string of the molecule is Cc1noc(C)c1C(C)(C)C(=O)N[C@@H]1CCc2c(Cl)cccc21. The lowest BCUT2D eigenvalue weighted by Gasteiger charge is -2.26. The number of amides is 1. The van der Waals surface area contributed by atoms with E-state index in [1.54, 1.807) is 0 Å². The average molecular weight is 333 g/mol. The van der Waals surface area contributed by atoms with E-state index in [0.717, 1.165) is 40.2 Å². The Morgan fingerprint density at radius 1 is 1.39 bits per heavy atom. The molecule has 1 aliphatic carbocycles. The van der Waals surface area contributed by atoms with Crippen molar-refractivity contribution < 1.29 is 9.32 Å². The van der Waals surface area contributed by atoms with Crippen LogP contribution in [0.2, 0.25) is 5.02 Å². The molecular formula is C18H21ClN2O2. The van der Waals surface area contributed by atoms with Gasteiger partial charge in [0.1, 0.15) is 5.76 Å². The number of hydrogen-bond donors (Lipinski definition) is 1. The predicted molar refractivity (Wildman–Crippen MR) is 89.7 cm³/mol. The van der Waals surface area contributed by atoms with Crippen LogP contribution in [0.1, 0.15) is 54.5 Å². The van der Waals surface area contributed by atoms with Crippen molar-refractivity contribution in [2.24, 2.45) is 0 Å². The third-order valence-electron chi connectivity index (χ3n) is 4.74. The van der Waals surface area contributed by atoms with Crippen LogP contribution in [0.15, 0.2) is 22.7 Å². The van der Waals surface area contributed by atoms with Crippen LogP contribution in [0, 0.1) is 13.8 Å². The molecule has 1 aliphatic rings. The zero-order chi connectivity index (χ0) is 16.8. The van der Waals surface area contributed by atoms with Crippen LogP contribution >= 0.6 is 11.6 Å². The number of fused-ring (bicyclic) bond motifs is 1. The molecule has 1 heterocycles. The van der Waals surface area contributed by atoms with Crippen molar-refractivity contribution in [1.82, 2.24) is 10.5 Å². The lowest BCUT2D eigenvalue weighted by atomic mass is 9.82. The molecule has 0 saturated heterocycles. The van der Waals surface area contributed by atoms with Gasteiger partial charge >= 0.3 is 0 Å². The second kappa shape index (κ2) is 5.68. The quantitative estimate of drug-likeness (QED) is 0.923. The van der Waals surface area contributed by atoms with Gasteiger partial charge in [-0.2, -0.15) is 0 Å². The Morgan fingerprint density at radius 2 is 2.13 bits per heavy atom. The summed E-state index contributed by atoms with van der Waals surface area (Å²) in [5, 5.41) is 7.93. The van der Waals surface area contributed by atoms with Gasteiger partial charge in [0.05, 0.1) is 17.2 Å². The molecule has 0 saturated carbocycles. The predicted octanol–water partition coefficient (Wildman–Crippen LogP) is 4.03. The summed E-state index contributed by atoms with van der Waals surface area (Å²) in [7, 11) is 0. The number of hydrogen-bond acceptors (Lipinski definition) is 3. The molecule has 23 heavy (non-hydrogen) atoms. The second-order valence-electron chi connectivity index (χ2n) is 6.70. The summed E-state index contributed by atoms with van der Waals surface area (Å²) in [6.45, 7) is 7.52. The Labute approximate surface area is 141 Å². The Hall–Kier alpha value is -1.81. The van der Waals surface area contributed by atoms with Crippen molar-refractivity contribution in [3.05, 3.63) is 51.4 Å². The van der Waals surface area contributed by atoms with Crippen molar-refractivity contribution in [1.29, 1.82) is 0 Å². The minimum atomic E-state index is -0.699. The maximum Gasteiger partial charge on any atom is 0.230 e. The molecule has 3 rings (SSSR count). The summed E-state index contributed by atoms with van der Waals surface area (Å²) in [4.78, 5) is 12.9. The number of benzene rings is 1.